The summed E-state index contributed by atoms with van der Waals surface area (Å²) in [6, 6.07) is 5.05. The number of methoxy groups -OCH3 is 1. The second-order valence-corrected chi connectivity index (χ2v) is 11.7. The van der Waals surface area contributed by atoms with Crippen LogP contribution in [0.2, 0.25) is 0 Å². The van der Waals surface area contributed by atoms with Crippen LogP contribution in [0.4, 0.5) is 4.79 Å². The Hall–Kier alpha value is -3.95. The minimum atomic E-state index is -1.60. The van der Waals surface area contributed by atoms with E-state index in [2.05, 4.69) is 20.7 Å². The third kappa shape index (κ3) is 19.4. The number of benzene rings is 1. The van der Waals surface area contributed by atoms with E-state index in [0.29, 0.717) is 37.7 Å². The predicted molar refractivity (Wildman–Crippen MR) is 165 cm³/mol. The Morgan fingerprint density at radius 1 is 0.717 bits per heavy atom. The molecule has 260 valence electrons. The summed E-state index contributed by atoms with van der Waals surface area (Å²) in [5.74, 6) is -2.03. The van der Waals surface area contributed by atoms with Crippen molar-refractivity contribution in [3.8, 4) is 5.75 Å². The standard InChI is InChI=1S/C31H49N3O12/c1-30(2,3)45-24(35)11-12-32-26(36)25(34-29(39)46-31(4,5)6)27(37)33-13-14-41-15-16-42-17-18-43-19-20-44-23-10-8-9-22(21-23)28(38)40-7/h8-10,21,25H,11-20H2,1-7H3,(H,32,36)(H,33,37)(H,34,39)/t25-/m1/s1. The average Bonchev–Trinajstić information content (AvgIpc) is 2.95. The monoisotopic (exact) mass is 655 g/mol. The quantitative estimate of drug-likeness (QED) is 0.0801. The summed E-state index contributed by atoms with van der Waals surface area (Å²) in [7, 11) is 1.31. The molecule has 0 saturated heterocycles. The molecule has 0 saturated carbocycles. The molecule has 0 aliphatic carbocycles. The van der Waals surface area contributed by atoms with E-state index in [9.17, 15) is 24.0 Å². The molecule has 3 N–H and O–H groups in total. The van der Waals surface area contributed by atoms with Crippen LogP contribution in [0.5, 0.6) is 5.75 Å². The number of nitrogens with one attached hydrogen (secondary N) is 3. The van der Waals surface area contributed by atoms with Gasteiger partial charge in [-0.2, -0.15) is 0 Å². The molecular weight excluding hydrogens is 606 g/mol. The first-order chi connectivity index (χ1) is 21.6. The molecule has 0 aliphatic rings. The maximum absolute atomic E-state index is 12.7. The average molecular weight is 656 g/mol. The molecule has 0 radical (unpaired) electrons. The Balaban J connectivity index is 2.28. The zero-order chi connectivity index (χ0) is 34.6. The normalized spacial score (nSPS) is 12.0. The van der Waals surface area contributed by atoms with Crippen molar-refractivity contribution in [2.45, 2.75) is 65.2 Å². The first kappa shape index (κ1) is 40.1. The number of amides is 3. The Morgan fingerprint density at radius 3 is 1.83 bits per heavy atom. The number of rotatable bonds is 20. The van der Waals surface area contributed by atoms with Crippen LogP contribution >= 0.6 is 0 Å². The van der Waals surface area contributed by atoms with Crippen LogP contribution in [0.3, 0.4) is 0 Å². The topological polar surface area (TPSA) is 186 Å². The SMILES string of the molecule is COC(=O)c1cccc(OCCOCCOCCOCCNC(=O)[C@H](NC(=O)OC(C)(C)C)C(=O)NCCC(=O)OC(C)(C)C)c1. The van der Waals surface area contributed by atoms with E-state index in [1.54, 1.807) is 65.8 Å². The van der Waals surface area contributed by atoms with Crippen LogP contribution in [0.15, 0.2) is 24.3 Å². The molecule has 46 heavy (non-hydrogen) atoms. The summed E-state index contributed by atoms with van der Waals surface area (Å²) < 4.78 is 36.9. The van der Waals surface area contributed by atoms with Gasteiger partial charge in [-0.05, 0) is 59.7 Å². The van der Waals surface area contributed by atoms with Gasteiger partial charge in [0.25, 0.3) is 11.8 Å². The number of hydrogen-bond donors (Lipinski definition) is 3. The number of carbonyl (C=O) groups excluding carboxylic acids is 5. The van der Waals surface area contributed by atoms with E-state index < -0.39 is 47.1 Å². The Bertz CT molecular complexity index is 1110. The van der Waals surface area contributed by atoms with Crippen LogP contribution in [-0.4, -0.2) is 114 Å². The van der Waals surface area contributed by atoms with Gasteiger partial charge in [0.05, 0.1) is 58.7 Å². The van der Waals surface area contributed by atoms with E-state index >= 15 is 0 Å². The van der Waals surface area contributed by atoms with Crippen LogP contribution in [0.25, 0.3) is 0 Å². The molecule has 0 bridgehead atoms. The highest BCUT2D eigenvalue weighted by Gasteiger charge is 2.30. The van der Waals surface area contributed by atoms with Crippen molar-refractivity contribution < 1.29 is 57.1 Å². The third-order valence-corrected chi connectivity index (χ3v) is 5.28. The third-order valence-electron chi connectivity index (χ3n) is 5.28. The second-order valence-electron chi connectivity index (χ2n) is 11.7. The molecular formula is C31H49N3O12. The lowest BCUT2D eigenvalue weighted by atomic mass is 10.2. The lowest BCUT2D eigenvalue weighted by Crippen LogP contribution is -2.56. The minimum Gasteiger partial charge on any atom is -0.491 e. The molecule has 3 amide bonds. The van der Waals surface area contributed by atoms with Crippen molar-refractivity contribution in [3.05, 3.63) is 29.8 Å². The maximum Gasteiger partial charge on any atom is 0.408 e. The summed E-state index contributed by atoms with van der Waals surface area (Å²) in [4.78, 5) is 61.2. The lowest BCUT2D eigenvalue weighted by Gasteiger charge is -2.23. The highest BCUT2D eigenvalue weighted by atomic mass is 16.6. The van der Waals surface area contributed by atoms with Crippen molar-refractivity contribution in [2.24, 2.45) is 0 Å². The summed E-state index contributed by atoms with van der Waals surface area (Å²) >= 11 is 0. The highest BCUT2D eigenvalue weighted by Crippen LogP contribution is 2.14. The van der Waals surface area contributed by atoms with E-state index in [4.69, 9.17) is 28.4 Å². The zero-order valence-corrected chi connectivity index (χ0v) is 27.9. The summed E-state index contributed by atoms with van der Waals surface area (Å²) in [5.41, 5.74) is -1.13. The van der Waals surface area contributed by atoms with Crippen molar-refractivity contribution >= 4 is 29.8 Å². The number of carbonyl (C=O) groups is 5. The van der Waals surface area contributed by atoms with Gasteiger partial charge in [-0.3, -0.25) is 14.4 Å². The Labute approximate surface area is 270 Å². The van der Waals surface area contributed by atoms with Gasteiger partial charge >= 0.3 is 18.0 Å². The van der Waals surface area contributed by atoms with Crippen molar-refractivity contribution in [1.29, 1.82) is 0 Å². The van der Waals surface area contributed by atoms with Crippen LogP contribution in [-0.2, 0) is 42.8 Å². The minimum absolute atomic E-state index is 0.0577. The van der Waals surface area contributed by atoms with Gasteiger partial charge in [0, 0.05) is 13.1 Å². The fraction of sp³-hybridized carbons (Fsp3) is 0.645. The van der Waals surface area contributed by atoms with E-state index in [-0.39, 0.29) is 39.3 Å². The van der Waals surface area contributed by atoms with E-state index in [1.807, 2.05) is 0 Å². The summed E-state index contributed by atoms with van der Waals surface area (Å²) in [6.45, 7) is 12.0. The van der Waals surface area contributed by atoms with Gasteiger partial charge in [-0.15, -0.1) is 0 Å². The molecule has 0 unspecified atom stereocenters. The number of esters is 2. The molecule has 0 aromatic heterocycles. The molecule has 1 aromatic rings. The van der Waals surface area contributed by atoms with Gasteiger partial charge in [-0.1, -0.05) is 6.07 Å². The molecule has 0 spiro atoms. The van der Waals surface area contributed by atoms with Crippen molar-refractivity contribution in [2.75, 3.05) is 66.4 Å². The van der Waals surface area contributed by atoms with Gasteiger partial charge in [0.15, 0.2) is 6.04 Å². The number of hydrogen-bond acceptors (Lipinski definition) is 12. The first-order valence-corrected chi connectivity index (χ1v) is 14.9. The van der Waals surface area contributed by atoms with Gasteiger partial charge < -0.3 is 49.1 Å². The molecule has 0 aliphatic heterocycles. The lowest BCUT2D eigenvalue weighted by molar-refractivity contribution is -0.154. The summed E-state index contributed by atoms with van der Waals surface area (Å²) in [5, 5.41) is 7.25. The first-order valence-electron chi connectivity index (χ1n) is 14.9. The molecule has 1 atom stereocenters. The van der Waals surface area contributed by atoms with Crippen LogP contribution in [0.1, 0.15) is 58.3 Å². The zero-order valence-electron chi connectivity index (χ0n) is 27.9. The maximum atomic E-state index is 12.7. The molecule has 0 heterocycles. The number of alkyl carbamates (subject to hydrolysis) is 1. The predicted octanol–water partition coefficient (Wildman–Crippen LogP) is 1.76. The Kier molecular flexibility index (Phi) is 18.3. The fourth-order valence-electron chi connectivity index (χ4n) is 3.40. The van der Waals surface area contributed by atoms with Crippen LogP contribution < -0.4 is 20.7 Å². The smallest absolute Gasteiger partial charge is 0.408 e. The van der Waals surface area contributed by atoms with Crippen molar-refractivity contribution in [1.82, 2.24) is 16.0 Å². The van der Waals surface area contributed by atoms with Gasteiger partial charge in [0.1, 0.15) is 23.6 Å². The molecule has 15 heteroatoms. The van der Waals surface area contributed by atoms with E-state index in [1.165, 1.54) is 7.11 Å². The van der Waals surface area contributed by atoms with Crippen molar-refractivity contribution in [3.63, 3.8) is 0 Å². The van der Waals surface area contributed by atoms with E-state index in [0.717, 1.165) is 0 Å². The fourth-order valence-corrected chi connectivity index (χ4v) is 3.40. The molecule has 0 fully saturated rings. The van der Waals surface area contributed by atoms with Crippen LogP contribution in [0, 0.1) is 0 Å². The second kappa shape index (κ2) is 21.0. The summed E-state index contributed by atoms with van der Waals surface area (Å²) in [6.07, 6.45) is -1.07. The Morgan fingerprint density at radius 2 is 1.26 bits per heavy atom. The number of ether oxygens (including phenoxy) is 7. The van der Waals surface area contributed by atoms with Gasteiger partial charge in [0.2, 0.25) is 0 Å². The molecule has 1 rings (SSSR count). The molecule has 1 aromatic carbocycles. The highest BCUT2D eigenvalue weighted by molar-refractivity contribution is 6.06. The van der Waals surface area contributed by atoms with Gasteiger partial charge in [-0.25, -0.2) is 9.59 Å². The largest absolute Gasteiger partial charge is 0.491 e. The molecule has 15 nitrogen and oxygen atoms in total.